The first kappa shape index (κ1) is 20.9. The summed E-state index contributed by atoms with van der Waals surface area (Å²) in [5, 5.41) is 0. The number of carbonyl (C=O) groups excluding carboxylic acids is 1. The van der Waals surface area contributed by atoms with E-state index in [1.54, 1.807) is 19.2 Å². The van der Waals surface area contributed by atoms with Crippen molar-refractivity contribution in [2.45, 2.75) is 26.1 Å². The van der Waals surface area contributed by atoms with Crippen molar-refractivity contribution in [2.75, 3.05) is 27.8 Å². The van der Waals surface area contributed by atoms with Gasteiger partial charge >= 0.3 is 5.97 Å². The first-order valence-electron chi connectivity index (χ1n) is 9.74. The number of hydrogen-bond donors (Lipinski definition) is 0. The van der Waals surface area contributed by atoms with Crippen LogP contribution >= 0.6 is 0 Å². The normalized spacial score (nSPS) is 15.8. The van der Waals surface area contributed by atoms with Gasteiger partial charge in [0.2, 0.25) is 6.79 Å². The highest BCUT2D eigenvalue weighted by molar-refractivity contribution is 5.93. The second-order valence-electron chi connectivity index (χ2n) is 7.26. The maximum absolute atomic E-state index is 12.2. The molecule has 2 aromatic rings. The number of ether oxygens (including phenoxy) is 7. The first-order chi connectivity index (χ1) is 15.0. The van der Waals surface area contributed by atoms with Crippen molar-refractivity contribution < 1.29 is 38.0 Å². The van der Waals surface area contributed by atoms with Gasteiger partial charge in [-0.15, -0.1) is 0 Å². The summed E-state index contributed by atoms with van der Waals surface area (Å²) >= 11 is 0. The van der Waals surface area contributed by atoms with Crippen LogP contribution in [0.4, 0.5) is 0 Å². The zero-order valence-corrected chi connectivity index (χ0v) is 17.7. The van der Waals surface area contributed by atoms with Crippen molar-refractivity contribution in [3.63, 3.8) is 0 Å². The second kappa shape index (κ2) is 8.77. The van der Waals surface area contributed by atoms with Gasteiger partial charge in [-0.25, -0.2) is 4.79 Å². The van der Waals surface area contributed by atoms with Crippen LogP contribution in [0.5, 0.6) is 28.7 Å². The van der Waals surface area contributed by atoms with Gasteiger partial charge in [0.15, 0.2) is 18.3 Å². The van der Waals surface area contributed by atoms with Crippen molar-refractivity contribution in [2.24, 2.45) is 0 Å². The van der Waals surface area contributed by atoms with Crippen molar-refractivity contribution in [1.29, 1.82) is 0 Å². The highest BCUT2D eigenvalue weighted by atomic mass is 16.7. The Kier molecular flexibility index (Phi) is 5.90. The third-order valence-corrected chi connectivity index (χ3v) is 5.06. The van der Waals surface area contributed by atoms with E-state index in [1.807, 2.05) is 19.1 Å². The van der Waals surface area contributed by atoms with E-state index >= 15 is 0 Å². The summed E-state index contributed by atoms with van der Waals surface area (Å²) in [6.07, 6.45) is 0.654. The van der Waals surface area contributed by atoms with Crippen LogP contribution in [0.2, 0.25) is 0 Å². The summed E-state index contributed by atoms with van der Waals surface area (Å²) in [4.78, 5) is 12.2. The van der Waals surface area contributed by atoms with E-state index in [9.17, 15) is 4.79 Å². The fraction of sp³-hybridized carbons (Fsp3) is 0.348. The minimum atomic E-state index is -0.532. The average Bonchev–Trinajstić information content (AvgIpc) is 3.40. The number of fused-ring (bicyclic) bond motifs is 2. The molecule has 0 fully saturated rings. The van der Waals surface area contributed by atoms with Gasteiger partial charge in [-0.1, -0.05) is 6.58 Å². The molecule has 0 aromatic heterocycles. The quantitative estimate of drug-likeness (QED) is 0.358. The van der Waals surface area contributed by atoms with Gasteiger partial charge < -0.3 is 33.2 Å². The number of hydrogen-bond acceptors (Lipinski definition) is 8. The van der Waals surface area contributed by atoms with Gasteiger partial charge in [0.05, 0.1) is 7.11 Å². The highest BCUT2D eigenvalue weighted by Crippen LogP contribution is 2.40. The van der Waals surface area contributed by atoms with Crippen LogP contribution in [0.25, 0.3) is 0 Å². The lowest BCUT2D eigenvalue weighted by Gasteiger charge is -2.15. The summed E-state index contributed by atoms with van der Waals surface area (Å²) in [6, 6.07) is 6.99. The number of benzene rings is 2. The molecular weight excluding hydrogens is 404 g/mol. The fourth-order valence-corrected chi connectivity index (χ4v) is 3.43. The van der Waals surface area contributed by atoms with E-state index in [0.717, 1.165) is 28.9 Å². The Morgan fingerprint density at radius 3 is 2.52 bits per heavy atom. The Morgan fingerprint density at radius 2 is 1.81 bits per heavy atom. The smallest absolute Gasteiger partial charge is 0.341 e. The molecule has 0 bridgehead atoms. The van der Waals surface area contributed by atoms with Gasteiger partial charge in [0.1, 0.15) is 35.5 Å². The molecule has 0 saturated carbocycles. The standard InChI is InChI=1S/C23H24O8/c1-13(2)17-6-14-5-15(18(28-11-25-3)8-19(14)31-17)10-27-20-9-22-21(29-12-30-22)7-16(20)23(24)26-4/h5,7-9,17H,1,6,10-12H2,2-4H3. The molecule has 1 atom stereocenters. The van der Waals surface area contributed by atoms with Crippen LogP contribution in [-0.2, 0) is 22.5 Å². The molecule has 31 heavy (non-hydrogen) atoms. The summed E-state index contributed by atoms with van der Waals surface area (Å²) in [7, 11) is 2.86. The molecular formula is C23H24O8. The molecule has 0 aliphatic carbocycles. The number of esters is 1. The largest absolute Gasteiger partial charge is 0.488 e. The van der Waals surface area contributed by atoms with E-state index in [1.165, 1.54) is 7.11 Å². The first-order valence-corrected chi connectivity index (χ1v) is 9.74. The molecule has 1 unspecified atom stereocenters. The lowest BCUT2D eigenvalue weighted by molar-refractivity contribution is 0.0495. The van der Waals surface area contributed by atoms with Crippen molar-refractivity contribution in [3.8, 4) is 28.7 Å². The minimum absolute atomic E-state index is 0.0683. The van der Waals surface area contributed by atoms with Gasteiger partial charge in [-0.2, -0.15) is 0 Å². The average molecular weight is 428 g/mol. The Bertz CT molecular complexity index is 1010. The number of methoxy groups -OCH3 is 2. The predicted octanol–water partition coefficient (Wildman–Crippen LogP) is 3.64. The molecule has 0 radical (unpaired) electrons. The number of carbonyl (C=O) groups is 1. The molecule has 2 aromatic carbocycles. The summed E-state index contributed by atoms with van der Waals surface area (Å²) in [6.45, 7) is 6.24. The fourth-order valence-electron chi connectivity index (χ4n) is 3.43. The molecule has 0 amide bonds. The van der Waals surface area contributed by atoms with E-state index in [0.29, 0.717) is 23.0 Å². The maximum Gasteiger partial charge on any atom is 0.341 e. The zero-order valence-electron chi connectivity index (χ0n) is 17.7. The zero-order chi connectivity index (χ0) is 22.0. The summed E-state index contributed by atoms with van der Waals surface area (Å²) < 4.78 is 38.4. The minimum Gasteiger partial charge on any atom is -0.488 e. The van der Waals surface area contributed by atoms with E-state index in [4.69, 9.17) is 33.2 Å². The monoisotopic (exact) mass is 428 g/mol. The lowest BCUT2D eigenvalue weighted by Crippen LogP contribution is -2.13. The Labute approximate surface area is 180 Å². The molecule has 0 saturated heterocycles. The molecule has 0 spiro atoms. The molecule has 2 aliphatic rings. The Hall–Kier alpha value is -3.39. The topological polar surface area (TPSA) is 81.7 Å². The van der Waals surface area contributed by atoms with Crippen molar-refractivity contribution >= 4 is 5.97 Å². The van der Waals surface area contributed by atoms with Crippen molar-refractivity contribution in [3.05, 3.63) is 53.1 Å². The third kappa shape index (κ3) is 4.25. The lowest BCUT2D eigenvalue weighted by atomic mass is 10.0. The van der Waals surface area contributed by atoms with Crippen molar-refractivity contribution in [1.82, 2.24) is 0 Å². The number of rotatable bonds is 8. The molecule has 4 rings (SSSR count). The predicted molar refractivity (Wildman–Crippen MR) is 110 cm³/mol. The van der Waals surface area contributed by atoms with E-state index in [-0.39, 0.29) is 31.9 Å². The Morgan fingerprint density at radius 1 is 1.06 bits per heavy atom. The van der Waals surface area contributed by atoms with Gasteiger partial charge in [-0.3, -0.25) is 0 Å². The SMILES string of the molecule is C=C(C)C1Cc2cc(COc3cc4c(cc3C(=O)OC)OCO4)c(OCOC)cc2O1. The highest BCUT2D eigenvalue weighted by Gasteiger charge is 2.27. The van der Waals surface area contributed by atoms with Crippen LogP contribution < -0.4 is 23.7 Å². The molecule has 0 N–H and O–H groups in total. The van der Waals surface area contributed by atoms with Crippen LogP contribution in [0.15, 0.2) is 36.4 Å². The van der Waals surface area contributed by atoms with Crippen LogP contribution in [0.3, 0.4) is 0 Å². The summed E-state index contributed by atoms with van der Waals surface area (Å²) in [5.74, 6) is 2.09. The van der Waals surface area contributed by atoms with Gasteiger partial charge in [-0.05, 0) is 24.1 Å². The van der Waals surface area contributed by atoms with E-state index < -0.39 is 5.97 Å². The second-order valence-corrected chi connectivity index (χ2v) is 7.26. The van der Waals surface area contributed by atoms with Gasteiger partial charge in [0.25, 0.3) is 0 Å². The summed E-state index contributed by atoms with van der Waals surface area (Å²) in [5.41, 5.74) is 3.03. The molecule has 2 heterocycles. The van der Waals surface area contributed by atoms with Crippen LogP contribution in [0.1, 0.15) is 28.4 Å². The van der Waals surface area contributed by atoms with Crippen LogP contribution in [0, 0.1) is 0 Å². The Balaban J connectivity index is 1.62. The molecule has 8 heteroatoms. The van der Waals surface area contributed by atoms with Crippen LogP contribution in [-0.4, -0.2) is 39.9 Å². The third-order valence-electron chi connectivity index (χ3n) is 5.06. The maximum atomic E-state index is 12.2. The molecule has 8 nitrogen and oxygen atoms in total. The van der Waals surface area contributed by atoms with E-state index in [2.05, 4.69) is 6.58 Å². The molecule has 2 aliphatic heterocycles. The van der Waals surface area contributed by atoms with Gasteiger partial charge in [0, 0.05) is 37.3 Å². The molecule has 164 valence electrons.